The second kappa shape index (κ2) is 6.66. The van der Waals surface area contributed by atoms with E-state index >= 15 is 0 Å². The maximum absolute atomic E-state index is 11.0. The topological polar surface area (TPSA) is 49.3 Å². The molecule has 13 heavy (non-hydrogen) atoms. The zero-order valence-electron chi connectivity index (χ0n) is 8.47. The molecule has 0 aliphatic heterocycles. The van der Waals surface area contributed by atoms with Gasteiger partial charge in [-0.3, -0.25) is 4.79 Å². The summed E-state index contributed by atoms with van der Waals surface area (Å²) in [4.78, 5) is 11.0. The summed E-state index contributed by atoms with van der Waals surface area (Å²) in [5.74, 6) is -0.185. The van der Waals surface area contributed by atoms with E-state index in [9.17, 15) is 9.90 Å². The first-order valence-electron chi connectivity index (χ1n) is 4.69. The number of aliphatic hydroxyl groups is 1. The summed E-state index contributed by atoms with van der Waals surface area (Å²) in [7, 11) is 0. The Hall–Kier alpha value is -0.830. The molecule has 76 valence electrons. The standard InChI is InChI=1S/C10H19NO2/c1-4-5-6-9(12)7-11-10(13)8(2)3/h9,12H,2,4-7H2,1,3H3,(H,11,13). The van der Waals surface area contributed by atoms with E-state index in [0.29, 0.717) is 12.1 Å². The van der Waals surface area contributed by atoms with Gasteiger partial charge in [0.15, 0.2) is 0 Å². The molecule has 3 nitrogen and oxygen atoms in total. The molecular weight excluding hydrogens is 166 g/mol. The van der Waals surface area contributed by atoms with Crippen LogP contribution < -0.4 is 5.32 Å². The lowest BCUT2D eigenvalue weighted by Gasteiger charge is -2.10. The van der Waals surface area contributed by atoms with E-state index < -0.39 is 6.10 Å². The van der Waals surface area contributed by atoms with Crippen molar-refractivity contribution >= 4 is 5.91 Å². The number of hydrogen-bond acceptors (Lipinski definition) is 2. The molecule has 2 N–H and O–H groups in total. The van der Waals surface area contributed by atoms with Crippen LogP contribution in [0.4, 0.5) is 0 Å². The number of carbonyl (C=O) groups excluding carboxylic acids is 1. The van der Waals surface area contributed by atoms with Gasteiger partial charge in [0.05, 0.1) is 6.10 Å². The lowest BCUT2D eigenvalue weighted by Crippen LogP contribution is -2.32. The van der Waals surface area contributed by atoms with E-state index in [2.05, 4.69) is 18.8 Å². The molecule has 0 aromatic carbocycles. The highest BCUT2D eigenvalue weighted by molar-refractivity contribution is 5.92. The van der Waals surface area contributed by atoms with Gasteiger partial charge in [-0.15, -0.1) is 0 Å². The Balaban J connectivity index is 3.51. The molecule has 1 unspecified atom stereocenters. The Bertz CT molecular complexity index is 178. The SMILES string of the molecule is C=C(C)C(=O)NCC(O)CCCC. The summed E-state index contributed by atoms with van der Waals surface area (Å²) in [6.45, 7) is 7.54. The third-order valence-corrected chi connectivity index (χ3v) is 1.78. The molecule has 0 aromatic rings. The van der Waals surface area contributed by atoms with Crippen LogP contribution in [-0.2, 0) is 4.79 Å². The first-order chi connectivity index (χ1) is 6.07. The smallest absolute Gasteiger partial charge is 0.246 e. The van der Waals surface area contributed by atoms with Crippen molar-refractivity contribution in [1.29, 1.82) is 0 Å². The number of aliphatic hydroxyl groups excluding tert-OH is 1. The fourth-order valence-corrected chi connectivity index (χ4v) is 0.903. The van der Waals surface area contributed by atoms with Crippen LogP contribution in [-0.4, -0.2) is 23.7 Å². The van der Waals surface area contributed by atoms with Crippen molar-refractivity contribution in [3.8, 4) is 0 Å². The number of nitrogens with one attached hydrogen (secondary N) is 1. The van der Waals surface area contributed by atoms with E-state index in [4.69, 9.17) is 0 Å². The average molecular weight is 185 g/mol. The zero-order chi connectivity index (χ0) is 10.3. The number of hydrogen-bond donors (Lipinski definition) is 2. The van der Waals surface area contributed by atoms with E-state index in [1.165, 1.54) is 0 Å². The van der Waals surface area contributed by atoms with Crippen molar-refractivity contribution in [3.63, 3.8) is 0 Å². The second-order valence-corrected chi connectivity index (χ2v) is 3.29. The summed E-state index contributed by atoms with van der Waals surface area (Å²) < 4.78 is 0. The van der Waals surface area contributed by atoms with Crippen LogP contribution in [0.5, 0.6) is 0 Å². The molecular formula is C10H19NO2. The molecule has 0 spiro atoms. The Morgan fingerprint density at radius 2 is 2.23 bits per heavy atom. The first-order valence-corrected chi connectivity index (χ1v) is 4.69. The third-order valence-electron chi connectivity index (χ3n) is 1.78. The number of carbonyl (C=O) groups is 1. The van der Waals surface area contributed by atoms with Crippen LogP contribution in [0.3, 0.4) is 0 Å². The summed E-state index contributed by atoms with van der Waals surface area (Å²) in [6, 6.07) is 0. The zero-order valence-corrected chi connectivity index (χ0v) is 8.47. The highest BCUT2D eigenvalue weighted by atomic mass is 16.3. The lowest BCUT2D eigenvalue weighted by atomic mass is 10.1. The quantitative estimate of drug-likeness (QED) is 0.611. The molecule has 0 saturated carbocycles. The molecule has 0 aliphatic rings. The molecule has 0 rings (SSSR count). The van der Waals surface area contributed by atoms with Crippen LogP contribution >= 0.6 is 0 Å². The minimum absolute atomic E-state index is 0.185. The Kier molecular flexibility index (Phi) is 6.24. The van der Waals surface area contributed by atoms with Crippen LogP contribution in [0.15, 0.2) is 12.2 Å². The van der Waals surface area contributed by atoms with Gasteiger partial charge in [-0.1, -0.05) is 26.3 Å². The molecule has 1 atom stereocenters. The van der Waals surface area contributed by atoms with Crippen LogP contribution in [0, 0.1) is 0 Å². The molecule has 0 heterocycles. The van der Waals surface area contributed by atoms with Crippen LogP contribution in [0.25, 0.3) is 0 Å². The van der Waals surface area contributed by atoms with E-state index in [1.54, 1.807) is 6.92 Å². The molecule has 3 heteroatoms. The Labute approximate surface area is 79.8 Å². The summed E-state index contributed by atoms with van der Waals surface area (Å²) >= 11 is 0. The van der Waals surface area contributed by atoms with Crippen molar-refractivity contribution in [3.05, 3.63) is 12.2 Å². The maximum Gasteiger partial charge on any atom is 0.246 e. The molecule has 0 saturated heterocycles. The van der Waals surface area contributed by atoms with Gasteiger partial charge in [-0.25, -0.2) is 0 Å². The Morgan fingerprint density at radius 3 is 2.69 bits per heavy atom. The average Bonchev–Trinajstić information content (AvgIpc) is 2.10. The predicted octanol–water partition coefficient (Wildman–Crippen LogP) is 1.23. The van der Waals surface area contributed by atoms with Gasteiger partial charge >= 0.3 is 0 Å². The molecule has 0 radical (unpaired) electrons. The van der Waals surface area contributed by atoms with Crippen molar-refractivity contribution in [2.75, 3.05) is 6.54 Å². The molecule has 0 fully saturated rings. The third kappa shape index (κ3) is 6.34. The predicted molar refractivity (Wildman–Crippen MR) is 53.4 cm³/mol. The van der Waals surface area contributed by atoms with Gasteiger partial charge in [-0.05, 0) is 13.3 Å². The number of rotatable bonds is 6. The minimum Gasteiger partial charge on any atom is -0.391 e. The molecule has 0 aliphatic carbocycles. The number of unbranched alkanes of at least 4 members (excludes halogenated alkanes) is 1. The lowest BCUT2D eigenvalue weighted by molar-refractivity contribution is -0.117. The second-order valence-electron chi connectivity index (χ2n) is 3.29. The van der Waals surface area contributed by atoms with Gasteiger partial charge in [0.25, 0.3) is 0 Å². The largest absolute Gasteiger partial charge is 0.391 e. The fraction of sp³-hybridized carbons (Fsp3) is 0.700. The van der Waals surface area contributed by atoms with Crippen LogP contribution in [0.2, 0.25) is 0 Å². The minimum atomic E-state index is -0.428. The van der Waals surface area contributed by atoms with Crippen molar-refractivity contribution in [1.82, 2.24) is 5.32 Å². The van der Waals surface area contributed by atoms with E-state index in [-0.39, 0.29) is 5.91 Å². The molecule has 0 aromatic heterocycles. The molecule has 1 amide bonds. The summed E-state index contributed by atoms with van der Waals surface area (Å²) in [6.07, 6.45) is 2.37. The number of amides is 1. The van der Waals surface area contributed by atoms with E-state index in [1.807, 2.05) is 0 Å². The van der Waals surface area contributed by atoms with Gasteiger partial charge in [-0.2, -0.15) is 0 Å². The maximum atomic E-state index is 11.0. The van der Waals surface area contributed by atoms with Crippen LogP contribution in [0.1, 0.15) is 33.1 Å². The van der Waals surface area contributed by atoms with Gasteiger partial charge in [0, 0.05) is 12.1 Å². The highest BCUT2D eigenvalue weighted by Crippen LogP contribution is 1.99. The first kappa shape index (κ1) is 12.2. The highest BCUT2D eigenvalue weighted by Gasteiger charge is 2.06. The fourth-order valence-electron chi connectivity index (χ4n) is 0.903. The van der Waals surface area contributed by atoms with Crippen molar-refractivity contribution in [2.24, 2.45) is 0 Å². The van der Waals surface area contributed by atoms with Gasteiger partial charge in [0.1, 0.15) is 0 Å². The summed E-state index contributed by atoms with van der Waals surface area (Å²) in [5.41, 5.74) is 0.475. The van der Waals surface area contributed by atoms with E-state index in [0.717, 1.165) is 19.3 Å². The van der Waals surface area contributed by atoms with Crippen molar-refractivity contribution in [2.45, 2.75) is 39.2 Å². The summed E-state index contributed by atoms with van der Waals surface area (Å²) in [5, 5.41) is 12.0. The normalized spacial score (nSPS) is 12.2. The monoisotopic (exact) mass is 185 g/mol. The van der Waals surface area contributed by atoms with Crippen molar-refractivity contribution < 1.29 is 9.90 Å². The van der Waals surface area contributed by atoms with Gasteiger partial charge < -0.3 is 10.4 Å². The Morgan fingerprint density at radius 1 is 1.62 bits per heavy atom. The molecule has 0 bridgehead atoms. The van der Waals surface area contributed by atoms with Gasteiger partial charge in [0.2, 0.25) is 5.91 Å².